The summed E-state index contributed by atoms with van der Waals surface area (Å²) >= 11 is 3.15. The predicted molar refractivity (Wildman–Crippen MR) is 64.5 cm³/mol. The molecule has 15 heavy (non-hydrogen) atoms. The Morgan fingerprint density at radius 3 is 2.53 bits per heavy atom. The van der Waals surface area contributed by atoms with E-state index in [9.17, 15) is 4.39 Å². The van der Waals surface area contributed by atoms with E-state index in [4.69, 9.17) is 0 Å². The molecule has 0 bridgehead atoms. The van der Waals surface area contributed by atoms with Crippen LogP contribution >= 0.6 is 15.9 Å². The van der Waals surface area contributed by atoms with Gasteiger partial charge in [-0.2, -0.15) is 5.10 Å². The monoisotopic (exact) mass is 272 g/mol. The van der Waals surface area contributed by atoms with Crippen molar-refractivity contribution in [2.24, 2.45) is 7.05 Å². The Hall–Kier alpha value is -0.900. The molecule has 4 heteroatoms. The number of rotatable bonds is 0. The standard InChI is InChI=1S/C9H8BrFN2.C2H6/c1-5-8-7(13(2)12-5)4-3-6(10)9(8)11;1-2/h3-4H,1-2H3;1-2H3. The van der Waals surface area contributed by atoms with Gasteiger partial charge in [-0.15, -0.1) is 0 Å². The molecule has 0 amide bonds. The fourth-order valence-corrected chi connectivity index (χ4v) is 1.81. The molecule has 2 nitrogen and oxygen atoms in total. The van der Waals surface area contributed by atoms with Gasteiger partial charge in [-0.05, 0) is 35.0 Å². The average molecular weight is 273 g/mol. The molecule has 0 aliphatic heterocycles. The number of hydrogen-bond acceptors (Lipinski definition) is 1. The number of hydrogen-bond donors (Lipinski definition) is 0. The van der Waals surface area contributed by atoms with Gasteiger partial charge in [-0.3, -0.25) is 4.68 Å². The third-order valence-electron chi connectivity index (χ3n) is 2.08. The Balaban J connectivity index is 0.000000531. The zero-order valence-corrected chi connectivity index (χ0v) is 10.9. The molecule has 0 saturated carbocycles. The topological polar surface area (TPSA) is 17.8 Å². The molecular weight excluding hydrogens is 259 g/mol. The molecule has 2 rings (SSSR count). The van der Waals surface area contributed by atoms with Crippen molar-refractivity contribution >= 4 is 26.8 Å². The molecule has 1 aromatic carbocycles. The lowest BCUT2D eigenvalue weighted by Gasteiger charge is -1.97. The lowest BCUT2D eigenvalue weighted by atomic mass is 10.2. The van der Waals surface area contributed by atoms with Gasteiger partial charge in [-0.1, -0.05) is 13.8 Å². The fraction of sp³-hybridized carbons (Fsp3) is 0.364. The van der Waals surface area contributed by atoms with E-state index < -0.39 is 0 Å². The minimum atomic E-state index is -0.233. The van der Waals surface area contributed by atoms with Gasteiger partial charge in [0.15, 0.2) is 0 Å². The minimum absolute atomic E-state index is 0.233. The van der Waals surface area contributed by atoms with Crippen LogP contribution in [0.1, 0.15) is 19.5 Å². The number of benzene rings is 1. The number of fused-ring (bicyclic) bond motifs is 1. The smallest absolute Gasteiger partial charge is 0.148 e. The van der Waals surface area contributed by atoms with E-state index in [1.807, 2.05) is 27.0 Å². The summed E-state index contributed by atoms with van der Waals surface area (Å²) in [5.41, 5.74) is 1.54. The summed E-state index contributed by atoms with van der Waals surface area (Å²) in [7, 11) is 1.81. The van der Waals surface area contributed by atoms with Gasteiger partial charge in [0, 0.05) is 7.05 Å². The number of aromatic nitrogens is 2. The van der Waals surface area contributed by atoms with Crippen LogP contribution in [0.15, 0.2) is 16.6 Å². The van der Waals surface area contributed by atoms with Gasteiger partial charge in [0.05, 0.1) is 21.1 Å². The van der Waals surface area contributed by atoms with Crippen LogP contribution in [0.4, 0.5) is 4.39 Å². The summed E-state index contributed by atoms with van der Waals surface area (Å²) < 4.78 is 15.7. The molecule has 1 heterocycles. The highest BCUT2D eigenvalue weighted by atomic mass is 79.9. The molecule has 0 spiro atoms. The second-order valence-corrected chi connectivity index (χ2v) is 3.82. The van der Waals surface area contributed by atoms with Crippen LogP contribution in [0.3, 0.4) is 0 Å². The minimum Gasteiger partial charge on any atom is -0.268 e. The van der Waals surface area contributed by atoms with Crippen molar-refractivity contribution in [2.75, 3.05) is 0 Å². The Bertz CT molecular complexity index is 477. The van der Waals surface area contributed by atoms with Crippen molar-refractivity contribution in [1.29, 1.82) is 0 Å². The molecule has 0 aliphatic carbocycles. The van der Waals surface area contributed by atoms with E-state index >= 15 is 0 Å². The quantitative estimate of drug-likeness (QED) is 0.713. The Kier molecular flexibility index (Phi) is 3.85. The number of nitrogens with zero attached hydrogens (tertiary/aromatic N) is 2. The largest absolute Gasteiger partial charge is 0.268 e. The van der Waals surface area contributed by atoms with Crippen molar-refractivity contribution in [3.63, 3.8) is 0 Å². The maximum absolute atomic E-state index is 13.6. The first-order chi connectivity index (χ1) is 7.11. The van der Waals surface area contributed by atoms with Crippen LogP contribution in [-0.4, -0.2) is 9.78 Å². The molecule has 2 aromatic rings. The highest BCUT2D eigenvalue weighted by Crippen LogP contribution is 2.26. The first kappa shape index (κ1) is 12.2. The molecule has 0 unspecified atom stereocenters. The number of aryl methyl sites for hydroxylation is 2. The lowest BCUT2D eigenvalue weighted by Crippen LogP contribution is -1.89. The Morgan fingerprint density at radius 1 is 1.33 bits per heavy atom. The van der Waals surface area contributed by atoms with Gasteiger partial charge in [0.25, 0.3) is 0 Å². The molecule has 1 aromatic heterocycles. The average Bonchev–Trinajstić information content (AvgIpc) is 2.51. The van der Waals surface area contributed by atoms with Gasteiger partial charge >= 0.3 is 0 Å². The maximum Gasteiger partial charge on any atom is 0.148 e. The van der Waals surface area contributed by atoms with Crippen LogP contribution < -0.4 is 0 Å². The molecule has 0 saturated heterocycles. The zero-order valence-electron chi connectivity index (χ0n) is 9.31. The van der Waals surface area contributed by atoms with Crippen molar-refractivity contribution in [2.45, 2.75) is 20.8 Å². The first-order valence-corrected chi connectivity index (χ1v) is 5.68. The summed E-state index contributed by atoms with van der Waals surface area (Å²) in [5, 5.41) is 4.74. The third kappa shape index (κ3) is 2.04. The molecule has 0 atom stereocenters. The fourth-order valence-electron chi connectivity index (χ4n) is 1.48. The SMILES string of the molecule is CC.Cc1nn(C)c2ccc(Br)c(F)c12. The van der Waals surface area contributed by atoms with Gasteiger partial charge in [-0.25, -0.2) is 4.39 Å². The van der Waals surface area contributed by atoms with Crippen LogP contribution in [0.25, 0.3) is 10.9 Å². The van der Waals surface area contributed by atoms with Crippen LogP contribution in [0, 0.1) is 12.7 Å². The molecule has 82 valence electrons. The summed E-state index contributed by atoms with van der Waals surface area (Å²) in [6.07, 6.45) is 0. The van der Waals surface area contributed by atoms with Crippen molar-refractivity contribution in [1.82, 2.24) is 9.78 Å². The second kappa shape index (κ2) is 4.75. The Labute approximate surface area is 97.2 Å². The van der Waals surface area contributed by atoms with E-state index in [1.165, 1.54) is 0 Å². The van der Waals surface area contributed by atoms with Crippen molar-refractivity contribution < 1.29 is 4.39 Å². The molecule has 0 radical (unpaired) electrons. The number of halogens is 2. The van der Waals surface area contributed by atoms with Gasteiger partial charge in [0.2, 0.25) is 0 Å². The van der Waals surface area contributed by atoms with Crippen molar-refractivity contribution in [3.8, 4) is 0 Å². The van der Waals surface area contributed by atoms with Crippen LogP contribution in [0.2, 0.25) is 0 Å². The normalized spacial score (nSPS) is 10.0. The summed E-state index contributed by atoms with van der Waals surface area (Å²) in [5.74, 6) is -0.233. The third-order valence-corrected chi connectivity index (χ3v) is 2.70. The molecule has 0 N–H and O–H groups in total. The molecule has 0 fully saturated rings. The lowest BCUT2D eigenvalue weighted by molar-refractivity contribution is 0.633. The second-order valence-electron chi connectivity index (χ2n) is 2.96. The van der Waals surface area contributed by atoms with Crippen LogP contribution in [-0.2, 0) is 7.05 Å². The molecular formula is C11H14BrFN2. The van der Waals surface area contributed by atoms with Crippen LogP contribution in [0.5, 0.6) is 0 Å². The highest BCUT2D eigenvalue weighted by Gasteiger charge is 2.11. The maximum atomic E-state index is 13.6. The summed E-state index contributed by atoms with van der Waals surface area (Å²) in [6.45, 7) is 5.80. The van der Waals surface area contributed by atoms with E-state index in [1.54, 1.807) is 17.7 Å². The first-order valence-electron chi connectivity index (χ1n) is 4.88. The van der Waals surface area contributed by atoms with Gasteiger partial charge in [0.1, 0.15) is 5.82 Å². The highest BCUT2D eigenvalue weighted by molar-refractivity contribution is 9.10. The van der Waals surface area contributed by atoms with Gasteiger partial charge < -0.3 is 0 Å². The summed E-state index contributed by atoms with van der Waals surface area (Å²) in [4.78, 5) is 0. The van der Waals surface area contributed by atoms with E-state index in [2.05, 4.69) is 21.0 Å². The Morgan fingerprint density at radius 2 is 1.93 bits per heavy atom. The van der Waals surface area contributed by atoms with E-state index in [0.717, 1.165) is 11.2 Å². The van der Waals surface area contributed by atoms with E-state index in [-0.39, 0.29) is 5.82 Å². The van der Waals surface area contributed by atoms with Crippen molar-refractivity contribution in [3.05, 3.63) is 28.1 Å². The van der Waals surface area contributed by atoms with E-state index in [0.29, 0.717) is 9.86 Å². The predicted octanol–water partition coefficient (Wildman–Crippen LogP) is 3.81. The summed E-state index contributed by atoms with van der Waals surface area (Å²) in [6, 6.07) is 3.54. The molecule has 0 aliphatic rings. The zero-order chi connectivity index (χ0) is 11.6.